The van der Waals surface area contributed by atoms with Gasteiger partial charge in [-0.05, 0) is 56.4 Å². The Morgan fingerprint density at radius 3 is 2.57 bits per heavy atom. The van der Waals surface area contributed by atoms with Gasteiger partial charge in [0, 0.05) is 17.8 Å². The van der Waals surface area contributed by atoms with Crippen LogP contribution in [0.1, 0.15) is 63.2 Å². The third-order valence-electron chi connectivity index (χ3n) is 4.73. The highest BCUT2D eigenvalue weighted by Crippen LogP contribution is 2.39. The van der Waals surface area contributed by atoms with Gasteiger partial charge < -0.3 is 10.0 Å². The van der Waals surface area contributed by atoms with Crippen molar-refractivity contribution < 1.29 is 9.90 Å². The minimum atomic E-state index is -0.860. The highest BCUT2D eigenvalue weighted by Gasteiger charge is 2.35. The van der Waals surface area contributed by atoms with Crippen molar-refractivity contribution in [3.05, 3.63) is 29.8 Å². The van der Waals surface area contributed by atoms with Gasteiger partial charge in [-0.3, -0.25) is 0 Å². The summed E-state index contributed by atoms with van der Waals surface area (Å²) in [6, 6.07) is 7.36. The van der Waals surface area contributed by atoms with Crippen LogP contribution in [0.25, 0.3) is 0 Å². The summed E-state index contributed by atoms with van der Waals surface area (Å²) in [6.07, 6.45) is 6.15. The van der Waals surface area contributed by atoms with E-state index in [1.807, 2.05) is 12.1 Å². The lowest BCUT2D eigenvalue weighted by molar-refractivity contribution is 0.0697. The zero-order chi connectivity index (χ0) is 15.5. The van der Waals surface area contributed by atoms with Crippen LogP contribution in [0.4, 0.5) is 5.69 Å². The molecule has 2 atom stereocenters. The molecule has 0 aliphatic heterocycles. The van der Waals surface area contributed by atoms with E-state index < -0.39 is 5.97 Å². The molecular weight excluding hydrogens is 262 g/mol. The van der Waals surface area contributed by atoms with E-state index in [-0.39, 0.29) is 5.54 Å². The number of nitrogens with zero attached hydrogens (tertiary/aromatic N) is 1. The van der Waals surface area contributed by atoms with Gasteiger partial charge in [-0.25, -0.2) is 4.79 Å². The third-order valence-corrected chi connectivity index (χ3v) is 4.73. The Labute approximate surface area is 128 Å². The van der Waals surface area contributed by atoms with E-state index in [1.165, 1.54) is 25.7 Å². The Kier molecular flexibility index (Phi) is 4.92. The van der Waals surface area contributed by atoms with E-state index in [0.29, 0.717) is 5.56 Å². The smallest absolute Gasteiger partial charge is 0.335 e. The lowest BCUT2D eigenvalue weighted by atomic mass is 9.76. The molecule has 3 nitrogen and oxygen atoms in total. The molecule has 116 valence electrons. The predicted octanol–water partition coefficient (Wildman–Crippen LogP) is 4.57. The molecule has 1 aliphatic rings. The Bertz CT molecular complexity index is 482. The number of anilines is 1. The third kappa shape index (κ3) is 3.58. The highest BCUT2D eigenvalue weighted by molar-refractivity contribution is 5.88. The van der Waals surface area contributed by atoms with Crippen molar-refractivity contribution in [3.8, 4) is 0 Å². The first-order chi connectivity index (χ1) is 9.96. The van der Waals surface area contributed by atoms with Crippen LogP contribution in [0.15, 0.2) is 24.3 Å². The number of hydrogen-bond donors (Lipinski definition) is 1. The molecule has 1 N–H and O–H groups in total. The molecule has 2 unspecified atom stereocenters. The second-order valence-corrected chi connectivity index (χ2v) is 6.70. The summed E-state index contributed by atoms with van der Waals surface area (Å²) >= 11 is 0. The fourth-order valence-electron chi connectivity index (χ4n) is 3.75. The molecule has 21 heavy (non-hydrogen) atoms. The first-order valence-electron chi connectivity index (χ1n) is 8.07. The quantitative estimate of drug-likeness (QED) is 0.863. The van der Waals surface area contributed by atoms with Crippen LogP contribution in [0.5, 0.6) is 0 Å². The lowest BCUT2D eigenvalue weighted by Gasteiger charge is -2.47. The van der Waals surface area contributed by atoms with Crippen molar-refractivity contribution in [2.75, 3.05) is 11.4 Å². The molecule has 0 aromatic heterocycles. The van der Waals surface area contributed by atoms with Crippen LogP contribution in [-0.2, 0) is 0 Å². The van der Waals surface area contributed by atoms with Crippen LogP contribution in [0, 0.1) is 5.92 Å². The molecule has 1 aliphatic carbocycles. The Morgan fingerprint density at radius 2 is 2.05 bits per heavy atom. The number of hydrogen-bond acceptors (Lipinski definition) is 2. The maximum Gasteiger partial charge on any atom is 0.335 e. The van der Waals surface area contributed by atoms with Crippen molar-refractivity contribution in [2.24, 2.45) is 5.92 Å². The van der Waals surface area contributed by atoms with Gasteiger partial charge in [-0.2, -0.15) is 0 Å². The fourth-order valence-corrected chi connectivity index (χ4v) is 3.75. The van der Waals surface area contributed by atoms with Crippen LogP contribution in [-0.4, -0.2) is 23.2 Å². The van der Waals surface area contributed by atoms with Crippen LogP contribution in [0.2, 0.25) is 0 Å². The van der Waals surface area contributed by atoms with Crippen molar-refractivity contribution >= 4 is 11.7 Å². The fraction of sp³-hybridized carbons (Fsp3) is 0.611. The van der Waals surface area contributed by atoms with Gasteiger partial charge >= 0.3 is 5.97 Å². The molecule has 0 spiro atoms. The summed E-state index contributed by atoms with van der Waals surface area (Å²) < 4.78 is 0. The Morgan fingerprint density at radius 1 is 1.38 bits per heavy atom. The summed E-state index contributed by atoms with van der Waals surface area (Å²) in [7, 11) is 0. The molecule has 0 amide bonds. The van der Waals surface area contributed by atoms with Crippen molar-refractivity contribution in [1.29, 1.82) is 0 Å². The van der Waals surface area contributed by atoms with E-state index in [0.717, 1.165) is 24.6 Å². The lowest BCUT2D eigenvalue weighted by Crippen LogP contribution is -2.49. The molecule has 2 rings (SSSR count). The van der Waals surface area contributed by atoms with E-state index in [2.05, 4.69) is 25.7 Å². The first kappa shape index (κ1) is 15.9. The Balaban J connectivity index is 2.27. The number of carboxylic acids is 1. The van der Waals surface area contributed by atoms with E-state index >= 15 is 0 Å². The van der Waals surface area contributed by atoms with E-state index in [1.54, 1.807) is 12.1 Å². The summed E-state index contributed by atoms with van der Waals surface area (Å²) in [5.74, 6) is -0.0949. The second kappa shape index (κ2) is 6.50. The molecule has 0 bridgehead atoms. The average Bonchev–Trinajstić information content (AvgIpc) is 2.44. The molecule has 1 fully saturated rings. The minimum absolute atomic E-state index is 0.193. The van der Waals surface area contributed by atoms with Gasteiger partial charge in [0.05, 0.1) is 5.56 Å². The molecule has 0 heterocycles. The van der Waals surface area contributed by atoms with E-state index in [4.69, 9.17) is 5.11 Å². The highest BCUT2D eigenvalue weighted by atomic mass is 16.4. The van der Waals surface area contributed by atoms with Gasteiger partial charge in [-0.15, -0.1) is 0 Å². The molecule has 1 saturated carbocycles. The van der Waals surface area contributed by atoms with Crippen LogP contribution >= 0.6 is 0 Å². The molecule has 1 aromatic carbocycles. The molecule has 1 aromatic rings. The maximum absolute atomic E-state index is 11.0. The standard InChI is InChI=1S/C18H27NO2/c1-4-12-19(18(3)11-5-6-14(2)13-18)16-9-7-15(8-10-16)17(20)21/h7-10,14H,4-6,11-13H2,1-3H3,(H,20,21). The molecule has 3 heteroatoms. The normalized spacial score (nSPS) is 25.6. The van der Waals surface area contributed by atoms with Crippen LogP contribution < -0.4 is 4.90 Å². The van der Waals surface area contributed by atoms with Crippen molar-refractivity contribution in [1.82, 2.24) is 0 Å². The van der Waals surface area contributed by atoms with Crippen LogP contribution in [0.3, 0.4) is 0 Å². The molecular formula is C18H27NO2. The number of benzene rings is 1. The summed E-state index contributed by atoms with van der Waals surface area (Å²) in [4.78, 5) is 13.5. The molecule has 0 saturated heterocycles. The number of carbonyl (C=O) groups is 1. The van der Waals surface area contributed by atoms with Gasteiger partial charge in [0.2, 0.25) is 0 Å². The Hall–Kier alpha value is -1.51. The summed E-state index contributed by atoms with van der Waals surface area (Å²) in [5, 5.41) is 9.04. The number of aromatic carboxylic acids is 1. The van der Waals surface area contributed by atoms with Crippen molar-refractivity contribution in [3.63, 3.8) is 0 Å². The zero-order valence-corrected chi connectivity index (χ0v) is 13.4. The molecule has 0 radical (unpaired) electrons. The minimum Gasteiger partial charge on any atom is -0.478 e. The largest absolute Gasteiger partial charge is 0.478 e. The average molecular weight is 289 g/mol. The number of rotatable bonds is 5. The summed E-state index contributed by atoms with van der Waals surface area (Å²) in [6.45, 7) is 7.93. The van der Waals surface area contributed by atoms with Gasteiger partial charge in [0.15, 0.2) is 0 Å². The van der Waals surface area contributed by atoms with Gasteiger partial charge in [-0.1, -0.05) is 26.7 Å². The predicted molar refractivity (Wildman–Crippen MR) is 87.1 cm³/mol. The van der Waals surface area contributed by atoms with Gasteiger partial charge in [0.25, 0.3) is 0 Å². The van der Waals surface area contributed by atoms with Gasteiger partial charge in [0.1, 0.15) is 0 Å². The number of carboxylic acid groups (broad SMARTS) is 1. The van der Waals surface area contributed by atoms with E-state index in [9.17, 15) is 4.79 Å². The first-order valence-corrected chi connectivity index (χ1v) is 8.07. The zero-order valence-electron chi connectivity index (χ0n) is 13.4. The summed E-state index contributed by atoms with van der Waals surface area (Å²) in [5.41, 5.74) is 1.70. The SMILES string of the molecule is CCCN(c1ccc(C(=O)O)cc1)C1(C)CCCC(C)C1. The van der Waals surface area contributed by atoms with Crippen molar-refractivity contribution in [2.45, 2.75) is 58.4 Å². The monoisotopic (exact) mass is 289 g/mol. The topological polar surface area (TPSA) is 40.5 Å². The maximum atomic E-state index is 11.0. The second-order valence-electron chi connectivity index (χ2n) is 6.70.